The van der Waals surface area contributed by atoms with Gasteiger partial charge in [0.15, 0.2) is 0 Å². The van der Waals surface area contributed by atoms with E-state index in [1.165, 1.54) is 17.6 Å². The molecule has 32 heavy (non-hydrogen) atoms. The molecule has 4 rings (SSSR count). The highest BCUT2D eigenvalue weighted by Gasteiger charge is 2.11. The molecule has 8 heteroatoms. The molecule has 162 valence electrons. The highest BCUT2D eigenvalue weighted by molar-refractivity contribution is 6.01. The highest BCUT2D eigenvalue weighted by atomic mass is 16.5. The first kappa shape index (κ1) is 20.9. The molecule has 2 heterocycles. The Hall–Kier alpha value is -4.33. The molecule has 0 radical (unpaired) electrons. The maximum atomic E-state index is 12.5. The Morgan fingerprint density at radius 2 is 1.62 bits per heavy atom. The number of aryl methyl sites for hydroxylation is 1. The van der Waals surface area contributed by atoms with Crippen molar-refractivity contribution in [2.45, 2.75) is 13.5 Å². The van der Waals surface area contributed by atoms with E-state index in [0.29, 0.717) is 34.2 Å². The molecule has 2 amide bonds. The summed E-state index contributed by atoms with van der Waals surface area (Å²) < 4.78 is 12.6. The fraction of sp³-hybridized carbons (Fsp3) is 0.125. The average Bonchev–Trinajstić information content (AvgIpc) is 2.79. The first-order valence-electron chi connectivity index (χ1n) is 9.96. The molecule has 2 N–H and O–H groups in total. The Morgan fingerprint density at radius 3 is 2.34 bits per heavy atom. The summed E-state index contributed by atoms with van der Waals surface area (Å²) in [5.74, 6) is 1.01. The van der Waals surface area contributed by atoms with Crippen molar-refractivity contribution >= 4 is 23.1 Å². The van der Waals surface area contributed by atoms with Crippen LogP contribution >= 0.6 is 0 Å². The smallest absolute Gasteiger partial charge is 0.323 e. The minimum Gasteiger partial charge on any atom is -0.495 e. The summed E-state index contributed by atoms with van der Waals surface area (Å²) in [6.07, 6.45) is 1.68. The van der Waals surface area contributed by atoms with Crippen molar-refractivity contribution in [1.29, 1.82) is 0 Å². The molecular weight excluding hydrogens is 408 g/mol. The van der Waals surface area contributed by atoms with E-state index >= 15 is 0 Å². The predicted molar refractivity (Wildman–Crippen MR) is 123 cm³/mol. The monoisotopic (exact) mass is 430 g/mol. The number of carbonyl (C=O) groups excluding carboxylic acids is 1. The van der Waals surface area contributed by atoms with Gasteiger partial charge in [-0.3, -0.25) is 9.20 Å². The van der Waals surface area contributed by atoms with Crippen LogP contribution in [0, 0.1) is 6.92 Å². The fourth-order valence-corrected chi connectivity index (χ4v) is 3.25. The maximum absolute atomic E-state index is 12.5. The molecule has 0 bridgehead atoms. The zero-order chi connectivity index (χ0) is 22.5. The summed E-state index contributed by atoms with van der Waals surface area (Å²) in [4.78, 5) is 29.4. The Morgan fingerprint density at radius 1 is 0.969 bits per heavy atom. The van der Waals surface area contributed by atoms with Crippen molar-refractivity contribution in [3.05, 3.63) is 94.5 Å². The SMILES string of the molecule is COc1ccccc1NC(=O)Nc1ccccc1OCc1cc(=O)n2cccc(C)c2n1. The number of hydrogen-bond donors (Lipinski definition) is 2. The van der Waals surface area contributed by atoms with Crippen LogP contribution in [-0.2, 0) is 6.61 Å². The molecule has 0 aliphatic heterocycles. The number of fused-ring (bicyclic) bond motifs is 1. The van der Waals surface area contributed by atoms with Crippen molar-refractivity contribution in [3.63, 3.8) is 0 Å². The number of ether oxygens (including phenoxy) is 2. The van der Waals surface area contributed by atoms with E-state index in [9.17, 15) is 9.59 Å². The molecule has 4 aromatic rings. The number of urea groups is 1. The van der Waals surface area contributed by atoms with Gasteiger partial charge < -0.3 is 20.1 Å². The fourth-order valence-electron chi connectivity index (χ4n) is 3.25. The van der Waals surface area contributed by atoms with Gasteiger partial charge in [0.2, 0.25) is 0 Å². The van der Waals surface area contributed by atoms with Crippen LogP contribution in [0.2, 0.25) is 0 Å². The summed E-state index contributed by atoms with van der Waals surface area (Å²) in [5, 5.41) is 5.54. The number of benzene rings is 2. The van der Waals surface area contributed by atoms with Gasteiger partial charge in [-0.25, -0.2) is 9.78 Å². The summed E-state index contributed by atoms with van der Waals surface area (Å²) in [5.41, 5.74) is 2.82. The standard InChI is InChI=1S/C24H22N4O4/c1-16-8-7-13-28-22(29)14-17(25-23(16)28)15-32-21-12-6-4-10-19(21)27-24(30)26-18-9-3-5-11-20(18)31-2/h3-14H,15H2,1-2H3,(H2,26,27,30). The van der Waals surface area contributed by atoms with Crippen LogP contribution < -0.4 is 25.7 Å². The van der Waals surface area contributed by atoms with E-state index in [-0.39, 0.29) is 12.2 Å². The third kappa shape index (κ3) is 4.54. The Kier molecular flexibility index (Phi) is 6.03. The van der Waals surface area contributed by atoms with Gasteiger partial charge >= 0.3 is 6.03 Å². The number of rotatable bonds is 6. The van der Waals surface area contributed by atoms with Gasteiger partial charge in [-0.2, -0.15) is 0 Å². The maximum Gasteiger partial charge on any atom is 0.323 e. The lowest BCUT2D eigenvalue weighted by Crippen LogP contribution is -2.20. The van der Waals surface area contributed by atoms with E-state index in [2.05, 4.69) is 15.6 Å². The van der Waals surface area contributed by atoms with Crippen molar-refractivity contribution in [1.82, 2.24) is 9.38 Å². The number of amides is 2. The normalized spacial score (nSPS) is 10.6. The van der Waals surface area contributed by atoms with Gasteiger partial charge in [0.1, 0.15) is 23.8 Å². The van der Waals surface area contributed by atoms with Gasteiger partial charge in [-0.1, -0.05) is 30.3 Å². The van der Waals surface area contributed by atoms with E-state index in [0.717, 1.165) is 5.56 Å². The zero-order valence-electron chi connectivity index (χ0n) is 17.7. The number of para-hydroxylation sites is 4. The van der Waals surface area contributed by atoms with Crippen LogP contribution in [0.5, 0.6) is 11.5 Å². The van der Waals surface area contributed by atoms with Crippen LogP contribution in [-0.4, -0.2) is 22.5 Å². The average molecular weight is 430 g/mol. The van der Waals surface area contributed by atoms with Crippen molar-refractivity contribution in [2.75, 3.05) is 17.7 Å². The third-order valence-electron chi connectivity index (χ3n) is 4.81. The quantitative estimate of drug-likeness (QED) is 0.477. The largest absolute Gasteiger partial charge is 0.495 e. The lowest BCUT2D eigenvalue weighted by molar-refractivity contribution is 0.261. The molecule has 0 aliphatic rings. The number of carbonyl (C=O) groups is 1. The first-order chi connectivity index (χ1) is 15.5. The lowest BCUT2D eigenvalue weighted by atomic mass is 10.2. The molecule has 2 aromatic heterocycles. The van der Waals surface area contributed by atoms with Gasteiger partial charge in [0.25, 0.3) is 5.56 Å². The second-order valence-corrected chi connectivity index (χ2v) is 7.03. The van der Waals surface area contributed by atoms with Gasteiger partial charge in [0, 0.05) is 12.3 Å². The molecule has 0 unspecified atom stereocenters. The van der Waals surface area contributed by atoms with Gasteiger partial charge in [-0.15, -0.1) is 0 Å². The third-order valence-corrected chi connectivity index (χ3v) is 4.81. The number of nitrogens with one attached hydrogen (secondary N) is 2. The minimum absolute atomic E-state index is 0.0763. The number of hydrogen-bond acceptors (Lipinski definition) is 5. The van der Waals surface area contributed by atoms with Gasteiger partial charge in [0.05, 0.1) is 24.2 Å². The summed E-state index contributed by atoms with van der Waals surface area (Å²) in [6.45, 7) is 1.97. The van der Waals surface area contributed by atoms with E-state index in [1.807, 2.05) is 19.1 Å². The van der Waals surface area contributed by atoms with Crippen LogP contribution in [0.15, 0.2) is 77.7 Å². The van der Waals surface area contributed by atoms with Crippen molar-refractivity contribution in [3.8, 4) is 11.5 Å². The summed E-state index contributed by atoms with van der Waals surface area (Å²) in [7, 11) is 1.54. The van der Waals surface area contributed by atoms with Crippen molar-refractivity contribution in [2.24, 2.45) is 0 Å². The second-order valence-electron chi connectivity index (χ2n) is 7.03. The summed E-state index contributed by atoms with van der Waals surface area (Å²) in [6, 6.07) is 18.9. The topological polar surface area (TPSA) is 94.0 Å². The molecule has 0 fully saturated rings. The first-order valence-corrected chi connectivity index (χ1v) is 9.96. The van der Waals surface area contributed by atoms with Crippen LogP contribution in [0.4, 0.5) is 16.2 Å². The van der Waals surface area contributed by atoms with Crippen LogP contribution in [0.25, 0.3) is 5.65 Å². The molecule has 0 spiro atoms. The van der Waals surface area contributed by atoms with Crippen LogP contribution in [0.1, 0.15) is 11.3 Å². The van der Waals surface area contributed by atoms with E-state index in [4.69, 9.17) is 9.47 Å². The molecule has 2 aromatic carbocycles. The van der Waals surface area contributed by atoms with Crippen molar-refractivity contribution < 1.29 is 14.3 Å². The zero-order valence-corrected chi connectivity index (χ0v) is 17.7. The number of aromatic nitrogens is 2. The number of methoxy groups -OCH3 is 1. The Bertz CT molecular complexity index is 1330. The van der Waals surface area contributed by atoms with E-state index < -0.39 is 6.03 Å². The Labute approximate surface area is 184 Å². The lowest BCUT2D eigenvalue weighted by Gasteiger charge is -2.14. The number of anilines is 2. The van der Waals surface area contributed by atoms with Crippen LogP contribution in [0.3, 0.4) is 0 Å². The predicted octanol–water partition coefficient (Wildman–Crippen LogP) is 4.23. The number of nitrogens with zero attached hydrogens (tertiary/aromatic N) is 2. The minimum atomic E-state index is -0.441. The van der Waals surface area contributed by atoms with E-state index in [1.54, 1.807) is 54.7 Å². The second kappa shape index (κ2) is 9.22. The summed E-state index contributed by atoms with van der Waals surface area (Å²) >= 11 is 0. The number of pyridine rings is 1. The molecular formula is C24H22N4O4. The molecule has 0 atom stereocenters. The molecule has 8 nitrogen and oxygen atoms in total. The molecule has 0 saturated heterocycles. The Balaban J connectivity index is 1.49. The van der Waals surface area contributed by atoms with Gasteiger partial charge in [-0.05, 0) is 42.8 Å². The highest BCUT2D eigenvalue weighted by Crippen LogP contribution is 2.26. The molecule has 0 aliphatic carbocycles. The molecule has 0 saturated carbocycles.